The van der Waals surface area contributed by atoms with Gasteiger partial charge in [0.2, 0.25) is 0 Å². The standard InChI is InChI=1S/C15H19F3NO2.C2HF3O2/c16-15(17,18)13-4-1-2-5-14(13)21-11-3-8-19-9-6-12(20)7-10-19;3-2(4,5)1(6)7/h1,4-5,12,20H,3,6-11H2;(H,6,7). The molecule has 0 amide bonds. The minimum absolute atomic E-state index is 0.168. The lowest BCUT2D eigenvalue weighted by atomic mass is 10.1. The second-order valence-corrected chi connectivity index (χ2v) is 6.00. The fourth-order valence-electron chi connectivity index (χ4n) is 2.38. The molecule has 1 radical (unpaired) electrons. The quantitative estimate of drug-likeness (QED) is 0.569. The topological polar surface area (TPSA) is 70.0 Å². The Labute approximate surface area is 157 Å². The number of likely N-dealkylation sites (tertiary alicyclic amines) is 1. The minimum Gasteiger partial charge on any atom is -0.493 e. The Morgan fingerprint density at radius 2 is 1.79 bits per heavy atom. The van der Waals surface area contributed by atoms with Crippen LogP contribution in [0.1, 0.15) is 24.8 Å². The third-order valence-electron chi connectivity index (χ3n) is 3.81. The third-order valence-corrected chi connectivity index (χ3v) is 3.81. The Bertz CT molecular complexity index is 612. The van der Waals surface area contributed by atoms with Crippen molar-refractivity contribution in [1.29, 1.82) is 0 Å². The Morgan fingerprint density at radius 3 is 2.29 bits per heavy atom. The van der Waals surface area contributed by atoms with Crippen molar-refractivity contribution < 1.29 is 46.1 Å². The van der Waals surface area contributed by atoms with Crippen LogP contribution in [0, 0.1) is 6.07 Å². The highest BCUT2D eigenvalue weighted by Gasteiger charge is 2.38. The van der Waals surface area contributed by atoms with E-state index in [-0.39, 0.29) is 18.5 Å². The van der Waals surface area contributed by atoms with E-state index in [9.17, 15) is 31.4 Å². The maximum absolute atomic E-state index is 12.8. The number of piperidine rings is 1. The number of rotatable bonds is 5. The Kier molecular flexibility index (Phi) is 9.02. The highest BCUT2D eigenvalue weighted by molar-refractivity contribution is 5.73. The van der Waals surface area contributed by atoms with E-state index < -0.39 is 23.9 Å². The average Bonchev–Trinajstić information content (AvgIpc) is 2.59. The van der Waals surface area contributed by atoms with Crippen LogP contribution in [0.4, 0.5) is 26.3 Å². The molecule has 2 rings (SSSR count). The highest BCUT2D eigenvalue weighted by atomic mass is 19.4. The van der Waals surface area contributed by atoms with Crippen LogP contribution in [-0.2, 0) is 11.0 Å². The lowest BCUT2D eigenvalue weighted by Crippen LogP contribution is -2.36. The number of carbonyl (C=O) groups is 1. The molecule has 1 saturated heterocycles. The van der Waals surface area contributed by atoms with E-state index >= 15 is 0 Å². The molecule has 0 spiro atoms. The number of carboxylic acids is 1. The van der Waals surface area contributed by atoms with Gasteiger partial charge in [0.15, 0.2) is 0 Å². The first kappa shape index (κ1) is 24.0. The molecule has 1 aliphatic rings. The smallest absolute Gasteiger partial charge is 0.490 e. The van der Waals surface area contributed by atoms with Crippen LogP contribution in [0.5, 0.6) is 5.75 Å². The third kappa shape index (κ3) is 8.79. The number of nitrogens with zero attached hydrogens (tertiary/aromatic N) is 1. The maximum Gasteiger partial charge on any atom is 0.490 e. The van der Waals surface area contributed by atoms with Gasteiger partial charge in [0, 0.05) is 19.6 Å². The number of carboxylic acid groups (broad SMARTS) is 1. The fraction of sp³-hybridized carbons (Fsp3) is 0.588. The molecule has 2 N–H and O–H groups in total. The summed E-state index contributed by atoms with van der Waals surface area (Å²) in [6.45, 7) is 2.66. The second-order valence-electron chi connectivity index (χ2n) is 6.00. The number of ether oxygens (including phenoxy) is 1. The normalized spacial score (nSPS) is 16.2. The van der Waals surface area contributed by atoms with Crippen LogP contribution in [0.3, 0.4) is 0 Å². The van der Waals surface area contributed by atoms with Crippen molar-refractivity contribution in [2.75, 3.05) is 26.2 Å². The van der Waals surface area contributed by atoms with E-state index in [4.69, 9.17) is 14.6 Å². The Morgan fingerprint density at radius 1 is 1.21 bits per heavy atom. The molecule has 159 valence electrons. The zero-order valence-corrected chi connectivity index (χ0v) is 14.7. The molecule has 1 heterocycles. The van der Waals surface area contributed by atoms with E-state index in [1.54, 1.807) is 0 Å². The van der Waals surface area contributed by atoms with E-state index in [2.05, 4.69) is 11.0 Å². The van der Waals surface area contributed by atoms with Gasteiger partial charge in [-0.05, 0) is 37.5 Å². The van der Waals surface area contributed by atoms with Crippen LogP contribution >= 0.6 is 0 Å². The Balaban J connectivity index is 0.000000480. The van der Waals surface area contributed by atoms with Gasteiger partial charge < -0.3 is 19.8 Å². The molecule has 1 aromatic carbocycles. The Hall–Kier alpha value is -2.01. The van der Waals surface area contributed by atoms with Gasteiger partial charge in [0.05, 0.1) is 18.3 Å². The summed E-state index contributed by atoms with van der Waals surface area (Å²) in [6, 6.07) is 6.03. The van der Waals surface area contributed by atoms with Crippen molar-refractivity contribution in [2.24, 2.45) is 0 Å². The molecule has 1 aromatic rings. The number of halogens is 6. The molecule has 0 bridgehead atoms. The average molecular weight is 416 g/mol. The maximum atomic E-state index is 12.8. The number of hydrogen-bond acceptors (Lipinski definition) is 4. The lowest BCUT2D eigenvalue weighted by molar-refractivity contribution is -0.192. The van der Waals surface area contributed by atoms with Gasteiger partial charge in [0.1, 0.15) is 5.75 Å². The van der Waals surface area contributed by atoms with Crippen LogP contribution in [0.15, 0.2) is 18.2 Å². The SMILES string of the molecule is O=C(O)C(F)(F)F.OC1CCN(CCCOc2c[c]ccc2C(F)(F)F)CC1. The second kappa shape index (κ2) is 10.5. The van der Waals surface area contributed by atoms with Crippen LogP contribution in [0.2, 0.25) is 0 Å². The summed E-state index contributed by atoms with van der Waals surface area (Å²) in [5.41, 5.74) is -0.762. The van der Waals surface area contributed by atoms with Gasteiger partial charge in [-0.1, -0.05) is 6.07 Å². The van der Waals surface area contributed by atoms with Crippen molar-refractivity contribution in [3.63, 3.8) is 0 Å². The summed E-state index contributed by atoms with van der Waals surface area (Å²) in [6.07, 6.45) is -7.54. The predicted molar refractivity (Wildman–Crippen MR) is 85.8 cm³/mol. The number of alkyl halides is 6. The molecule has 0 aromatic heterocycles. The molecular formula is C17H20F6NO4. The first-order valence-electron chi connectivity index (χ1n) is 8.32. The number of benzene rings is 1. The van der Waals surface area contributed by atoms with Crippen molar-refractivity contribution in [3.05, 3.63) is 29.8 Å². The van der Waals surface area contributed by atoms with Gasteiger partial charge in [-0.2, -0.15) is 26.3 Å². The van der Waals surface area contributed by atoms with E-state index in [1.165, 1.54) is 12.1 Å². The summed E-state index contributed by atoms with van der Waals surface area (Å²) in [4.78, 5) is 11.1. The zero-order chi connectivity index (χ0) is 21.4. The molecule has 11 heteroatoms. The summed E-state index contributed by atoms with van der Waals surface area (Å²) < 4.78 is 75.3. The van der Waals surface area contributed by atoms with Gasteiger partial charge in [-0.25, -0.2) is 4.79 Å². The summed E-state index contributed by atoms with van der Waals surface area (Å²) in [5, 5.41) is 16.5. The lowest BCUT2D eigenvalue weighted by Gasteiger charge is -2.29. The molecule has 0 unspecified atom stereocenters. The van der Waals surface area contributed by atoms with Crippen LogP contribution in [0.25, 0.3) is 0 Å². The molecule has 1 fully saturated rings. The first-order chi connectivity index (χ1) is 12.9. The highest BCUT2D eigenvalue weighted by Crippen LogP contribution is 2.35. The van der Waals surface area contributed by atoms with Crippen molar-refractivity contribution >= 4 is 5.97 Å². The van der Waals surface area contributed by atoms with E-state index in [0.717, 1.165) is 38.5 Å². The fourth-order valence-corrected chi connectivity index (χ4v) is 2.38. The largest absolute Gasteiger partial charge is 0.493 e. The molecule has 0 saturated carbocycles. The molecular weight excluding hydrogens is 396 g/mol. The van der Waals surface area contributed by atoms with E-state index in [1.807, 2.05) is 0 Å². The van der Waals surface area contributed by atoms with Crippen molar-refractivity contribution in [1.82, 2.24) is 4.90 Å². The van der Waals surface area contributed by atoms with Crippen LogP contribution in [-0.4, -0.2) is 59.6 Å². The number of aliphatic hydroxyl groups excluding tert-OH is 1. The monoisotopic (exact) mass is 416 g/mol. The van der Waals surface area contributed by atoms with E-state index in [0.29, 0.717) is 6.42 Å². The molecule has 1 aliphatic heterocycles. The summed E-state index contributed by atoms with van der Waals surface area (Å²) in [7, 11) is 0. The van der Waals surface area contributed by atoms with Gasteiger partial charge >= 0.3 is 18.3 Å². The number of aliphatic hydroxyl groups is 1. The van der Waals surface area contributed by atoms with Gasteiger partial charge in [-0.3, -0.25) is 0 Å². The summed E-state index contributed by atoms with van der Waals surface area (Å²) in [5.74, 6) is -2.92. The first-order valence-corrected chi connectivity index (χ1v) is 8.32. The van der Waals surface area contributed by atoms with Crippen LogP contribution < -0.4 is 4.74 Å². The van der Waals surface area contributed by atoms with Gasteiger partial charge in [0.25, 0.3) is 0 Å². The molecule has 5 nitrogen and oxygen atoms in total. The van der Waals surface area contributed by atoms with Gasteiger partial charge in [-0.15, -0.1) is 0 Å². The zero-order valence-electron chi connectivity index (χ0n) is 14.7. The van der Waals surface area contributed by atoms with Crippen molar-refractivity contribution in [3.8, 4) is 5.75 Å². The summed E-state index contributed by atoms with van der Waals surface area (Å²) >= 11 is 0. The predicted octanol–water partition coefficient (Wildman–Crippen LogP) is 3.36. The van der Waals surface area contributed by atoms with Crippen molar-refractivity contribution in [2.45, 2.75) is 37.7 Å². The number of aliphatic carboxylic acids is 1. The molecule has 0 aliphatic carbocycles. The minimum atomic E-state index is -5.08. The molecule has 28 heavy (non-hydrogen) atoms. The molecule has 0 atom stereocenters. The number of hydrogen-bond donors (Lipinski definition) is 2.